The van der Waals surface area contributed by atoms with Gasteiger partial charge in [0.2, 0.25) is 0 Å². The zero-order valence-corrected chi connectivity index (χ0v) is 14.6. The molecule has 3 heterocycles. The Kier molecular flexibility index (Phi) is 5.32. The second-order valence-corrected chi connectivity index (χ2v) is 6.57. The van der Waals surface area contributed by atoms with Gasteiger partial charge in [-0.25, -0.2) is 4.98 Å². The number of likely N-dealkylation sites (tertiary alicyclic amines) is 1. The highest BCUT2D eigenvalue weighted by Crippen LogP contribution is 2.22. The van der Waals surface area contributed by atoms with Gasteiger partial charge >= 0.3 is 0 Å². The van der Waals surface area contributed by atoms with Crippen molar-refractivity contribution >= 4 is 11.8 Å². The van der Waals surface area contributed by atoms with Crippen LogP contribution in [0.25, 0.3) is 0 Å². The first kappa shape index (κ1) is 18.1. The molecule has 0 bridgehead atoms. The maximum absolute atomic E-state index is 12.6. The van der Waals surface area contributed by atoms with Gasteiger partial charge < -0.3 is 19.7 Å². The molecular formula is C18H22N4O4. The molecule has 1 aliphatic heterocycles. The lowest BCUT2D eigenvalue weighted by molar-refractivity contribution is 0.0246. The topological polar surface area (TPSA) is 109 Å². The Bertz CT molecular complexity index is 760. The summed E-state index contributed by atoms with van der Waals surface area (Å²) in [6, 6.07) is 3.20. The van der Waals surface area contributed by atoms with E-state index in [1.54, 1.807) is 23.2 Å². The summed E-state index contributed by atoms with van der Waals surface area (Å²) in [7, 11) is 0. The molecule has 3 rings (SSSR count). The molecule has 26 heavy (non-hydrogen) atoms. The summed E-state index contributed by atoms with van der Waals surface area (Å²) in [4.78, 5) is 34.4. The third kappa shape index (κ3) is 4.26. The van der Waals surface area contributed by atoms with Crippen LogP contribution in [0.2, 0.25) is 0 Å². The van der Waals surface area contributed by atoms with Crippen molar-refractivity contribution < 1.29 is 19.1 Å². The van der Waals surface area contributed by atoms with Crippen molar-refractivity contribution in [3.63, 3.8) is 0 Å². The molecule has 2 aromatic rings. The fourth-order valence-electron chi connectivity index (χ4n) is 2.96. The van der Waals surface area contributed by atoms with Crippen LogP contribution >= 0.6 is 0 Å². The number of carbonyl (C=O) groups excluding carboxylic acids is 2. The number of aromatic nitrogens is 2. The van der Waals surface area contributed by atoms with Gasteiger partial charge in [0.15, 0.2) is 5.76 Å². The largest absolute Gasteiger partial charge is 0.459 e. The summed E-state index contributed by atoms with van der Waals surface area (Å²) in [5.74, 6) is -0.353. The number of amides is 2. The summed E-state index contributed by atoms with van der Waals surface area (Å²) >= 11 is 0. The first-order chi connectivity index (χ1) is 12.5. The zero-order valence-electron chi connectivity index (χ0n) is 14.6. The molecule has 1 fully saturated rings. The van der Waals surface area contributed by atoms with Crippen LogP contribution in [0.5, 0.6) is 0 Å². The van der Waals surface area contributed by atoms with E-state index in [-0.39, 0.29) is 24.1 Å². The Labute approximate surface area is 151 Å². The summed E-state index contributed by atoms with van der Waals surface area (Å²) in [5.41, 5.74) is -0.0118. The third-order valence-corrected chi connectivity index (χ3v) is 4.53. The lowest BCUT2D eigenvalue weighted by atomic mass is 9.95. The predicted molar refractivity (Wildman–Crippen MR) is 92.5 cm³/mol. The molecule has 1 unspecified atom stereocenters. The van der Waals surface area contributed by atoms with Crippen molar-refractivity contribution in [3.8, 4) is 0 Å². The average Bonchev–Trinajstić information content (AvgIpc) is 3.10. The maximum Gasteiger partial charge on any atom is 0.287 e. The quantitative estimate of drug-likeness (QED) is 0.849. The third-order valence-electron chi connectivity index (χ3n) is 4.53. The van der Waals surface area contributed by atoms with Gasteiger partial charge in [0, 0.05) is 25.8 Å². The fourth-order valence-corrected chi connectivity index (χ4v) is 2.96. The molecule has 0 saturated carbocycles. The minimum Gasteiger partial charge on any atom is -0.459 e. The van der Waals surface area contributed by atoms with Crippen molar-refractivity contribution in [1.29, 1.82) is 0 Å². The molecular weight excluding hydrogens is 336 g/mol. The normalized spacial score (nSPS) is 20.5. The van der Waals surface area contributed by atoms with Crippen LogP contribution in [0.1, 0.15) is 46.0 Å². The van der Waals surface area contributed by atoms with Gasteiger partial charge in [0.05, 0.1) is 23.8 Å². The van der Waals surface area contributed by atoms with Crippen molar-refractivity contribution in [2.24, 2.45) is 0 Å². The van der Waals surface area contributed by atoms with Gasteiger partial charge in [-0.3, -0.25) is 14.6 Å². The van der Waals surface area contributed by atoms with Gasteiger partial charge in [0.1, 0.15) is 5.69 Å². The van der Waals surface area contributed by atoms with E-state index in [0.717, 1.165) is 5.69 Å². The van der Waals surface area contributed by atoms with Crippen LogP contribution in [0.4, 0.5) is 0 Å². The van der Waals surface area contributed by atoms with Crippen LogP contribution in [-0.4, -0.2) is 57.0 Å². The summed E-state index contributed by atoms with van der Waals surface area (Å²) in [5, 5.41) is 13.5. The number of aryl methyl sites for hydroxylation is 1. The monoisotopic (exact) mass is 358 g/mol. The highest BCUT2D eigenvalue weighted by molar-refractivity contribution is 5.92. The Balaban J connectivity index is 1.57. The van der Waals surface area contributed by atoms with Gasteiger partial charge in [-0.1, -0.05) is 0 Å². The minimum absolute atomic E-state index is 0.110. The van der Waals surface area contributed by atoms with Crippen molar-refractivity contribution in [2.45, 2.75) is 31.8 Å². The number of hydrogen-bond acceptors (Lipinski definition) is 6. The van der Waals surface area contributed by atoms with E-state index in [2.05, 4.69) is 15.3 Å². The van der Waals surface area contributed by atoms with Crippen LogP contribution in [0.3, 0.4) is 0 Å². The van der Waals surface area contributed by atoms with Crippen LogP contribution in [-0.2, 0) is 0 Å². The van der Waals surface area contributed by atoms with Crippen molar-refractivity contribution in [2.75, 3.05) is 19.6 Å². The van der Waals surface area contributed by atoms with E-state index in [4.69, 9.17) is 4.42 Å². The molecule has 2 N–H and O–H groups in total. The van der Waals surface area contributed by atoms with E-state index in [9.17, 15) is 14.7 Å². The molecule has 8 nitrogen and oxygen atoms in total. The Morgan fingerprint density at radius 3 is 2.85 bits per heavy atom. The van der Waals surface area contributed by atoms with Crippen LogP contribution in [0, 0.1) is 6.92 Å². The maximum atomic E-state index is 12.6. The average molecular weight is 358 g/mol. The molecule has 2 amide bonds. The number of hydrogen-bond donors (Lipinski definition) is 2. The molecule has 0 aromatic carbocycles. The van der Waals surface area contributed by atoms with Crippen molar-refractivity contribution in [1.82, 2.24) is 20.2 Å². The summed E-state index contributed by atoms with van der Waals surface area (Å²) < 4.78 is 5.04. The first-order valence-corrected chi connectivity index (χ1v) is 8.59. The number of aliphatic hydroxyl groups is 1. The first-order valence-electron chi connectivity index (χ1n) is 8.59. The highest BCUT2D eigenvalue weighted by Gasteiger charge is 2.32. The van der Waals surface area contributed by atoms with Crippen LogP contribution < -0.4 is 5.32 Å². The molecule has 8 heteroatoms. The van der Waals surface area contributed by atoms with Gasteiger partial charge in [0.25, 0.3) is 11.8 Å². The SMILES string of the molecule is Cc1cnc(C(=O)N2CCCC(O)(CNC(=O)c3ccco3)CC2)cn1. The van der Waals surface area contributed by atoms with E-state index < -0.39 is 5.60 Å². The molecule has 1 saturated heterocycles. The van der Waals surface area contributed by atoms with Gasteiger partial charge in [-0.15, -0.1) is 0 Å². The Morgan fingerprint density at radius 1 is 1.31 bits per heavy atom. The highest BCUT2D eigenvalue weighted by atomic mass is 16.3. The molecule has 0 aliphatic carbocycles. The van der Waals surface area contributed by atoms with Gasteiger partial charge in [-0.05, 0) is 38.3 Å². The van der Waals surface area contributed by atoms with Crippen molar-refractivity contribution in [3.05, 3.63) is 47.9 Å². The molecule has 2 aromatic heterocycles. The molecule has 1 aliphatic rings. The zero-order chi connectivity index (χ0) is 18.6. The fraction of sp³-hybridized carbons (Fsp3) is 0.444. The molecule has 0 radical (unpaired) electrons. The number of carbonyl (C=O) groups is 2. The second kappa shape index (κ2) is 7.65. The lowest BCUT2D eigenvalue weighted by Crippen LogP contribution is -2.44. The molecule has 1 atom stereocenters. The smallest absolute Gasteiger partial charge is 0.287 e. The Hall–Kier alpha value is -2.74. The Morgan fingerprint density at radius 2 is 2.15 bits per heavy atom. The second-order valence-electron chi connectivity index (χ2n) is 6.57. The molecule has 138 valence electrons. The van der Waals surface area contributed by atoms with Gasteiger partial charge in [-0.2, -0.15) is 0 Å². The lowest BCUT2D eigenvalue weighted by Gasteiger charge is -2.27. The summed E-state index contributed by atoms with van der Waals surface area (Å²) in [6.45, 7) is 2.84. The number of nitrogens with zero attached hydrogens (tertiary/aromatic N) is 3. The van der Waals surface area contributed by atoms with E-state index >= 15 is 0 Å². The minimum atomic E-state index is -1.06. The number of rotatable bonds is 4. The molecule has 0 spiro atoms. The van der Waals surface area contributed by atoms with Crippen LogP contribution in [0.15, 0.2) is 35.2 Å². The number of nitrogens with one attached hydrogen (secondary N) is 1. The van der Waals surface area contributed by atoms with E-state index in [1.165, 1.54) is 12.5 Å². The number of furan rings is 1. The predicted octanol–water partition coefficient (Wildman–Crippen LogP) is 1.17. The summed E-state index contributed by atoms with van der Waals surface area (Å²) in [6.07, 6.45) is 5.96. The standard InChI is InChI=1S/C18H22N4O4/c1-13-10-20-14(11-19-13)17(24)22-7-3-5-18(25,6-8-22)12-21-16(23)15-4-2-9-26-15/h2,4,9-11,25H,3,5-8,12H2,1H3,(H,21,23). The van der Waals surface area contributed by atoms with E-state index in [1.807, 2.05) is 6.92 Å². The van der Waals surface area contributed by atoms with E-state index in [0.29, 0.717) is 38.0 Å².